The van der Waals surface area contributed by atoms with Gasteiger partial charge in [0.2, 0.25) is 11.6 Å². The van der Waals surface area contributed by atoms with Crippen LogP contribution < -0.4 is 5.73 Å². The molecule has 0 saturated carbocycles. The molecule has 13 heteroatoms. The van der Waals surface area contributed by atoms with Crippen LogP contribution in [0.15, 0.2) is 36.7 Å². The van der Waals surface area contributed by atoms with Crippen molar-refractivity contribution in [2.24, 2.45) is 0 Å². The van der Waals surface area contributed by atoms with E-state index in [9.17, 15) is 9.90 Å². The number of fused-ring (bicyclic) bond motifs is 1. The lowest BCUT2D eigenvalue weighted by molar-refractivity contribution is -0.263. The van der Waals surface area contributed by atoms with Gasteiger partial charge in [0.15, 0.2) is 36.4 Å². The molecule has 0 aliphatic carbocycles. The highest BCUT2D eigenvalue weighted by Crippen LogP contribution is 2.44. The summed E-state index contributed by atoms with van der Waals surface area (Å²) >= 11 is 0. The van der Waals surface area contributed by atoms with Gasteiger partial charge in [-0.3, -0.25) is 9.36 Å². The van der Waals surface area contributed by atoms with Crippen molar-refractivity contribution >= 4 is 22.8 Å². The Morgan fingerprint density at radius 3 is 2.52 bits per heavy atom. The molecule has 6 rings (SSSR count). The van der Waals surface area contributed by atoms with E-state index in [2.05, 4.69) is 15.0 Å². The fourth-order valence-corrected chi connectivity index (χ4v) is 5.26. The maximum Gasteiger partial charge on any atom is 0.281 e. The zero-order chi connectivity index (χ0) is 27.7. The summed E-state index contributed by atoms with van der Waals surface area (Å²) in [5, 5.41) is 11.3. The molecule has 12 nitrogen and oxygen atoms in total. The average molecular weight is 558 g/mol. The summed E-state index contributed by atoms with van der Waals surface area (Å²) in [5.41, 5.74) is 6.62. The molecule has 214 valence electrons. The maximum absolute atomic E-state index is 16.4. The molecular formula is C27H32FN5O7. The van der Waals surface area contributed by atoms with Gasteiger partial charge in [0.1, 0.15) is 11.6 Å². The van der Waals surface area contributed by atoms with Crippen LogP contribution in [0.1, 0.15) is 60.9 Å². The Morgan fingerprint density at radius 2 is 1.82 bits per heavy atom. The number of hydrogen-bond donors (Lipinski definition) is 2. The molecule has 3 aliphatic rings. The van der Waals surface area contributed by atoms with Crippen LogP contribution in [0.2, 0.25) is 0 Å². The van der Waals surface area contributed by atoms with Crippen molar-refractivity contribution in [3.63, 3.8) is 0 Å². The molecule has 3 aromatic rings. The van der Waals surface area contributed by atoms with Gasteiger partial charge in [-0.1, -0.05) is 30.3 Å². The van der Waals surface area contributed by atoms with Crippen LogP contribution >= 0.6 is 0 Å². The first kappa shape index (κ1) is 27.1. The first-order valence-corrected chi connectivity index (χ1v) is 13.6. The minimum absolute atomic E-state index is 0.0257. The van der Waals surface area contributed by atoms with Crippen molar-refractivity contribution in [1.29, 1.82) is 0 Å². The van der Waals surface area contributed by atoms with Gasteiger partial charge in [0.25, 0.3) is 5.85 Å². The molecule has 0 spiro atoms. The molecule has 0 bridgehead atoms. The Balaban J connectivity index is 1.31. The minimum Gasteiger partial charge on any atom is -0.382 e. The topological polar surface area (TPSA) is 153 Å². The predicted octanol–water partition coefficient (Wildman–Crippen LogP) is 2.65. The quantitative estimate of drug-likeness (QED) is 0.393. The van der Waals surface area contributed by atoms with Crippen molar-refractivity contribution in [3.8, 4) is 0 Å². The number of aliphatic hydroxyl groups is 1. The fraction of sp³-hybridized carbons (Fsp3) is 0.556. The molecule has 3 N–H and O–H groups in total. The van der Waals surface area contributed by atoms with Gasteiger partial charge in [0.05, 0.1) is 12.9 Å². The second-order valence-electron chi connectivity index (χ2n) is 10.2. The standard InChI is InChI=1S/C27H32FN5O7/c28-27(35)22(40-19-11-5-7-13-37-19)17(14-38-18-10-4-6-12-36-18)39-26(27)33-15-30-20-23(29)31-24(32-25(20)33)21(34)16-8-2-1-3-9-16/h1-3,8-9,15,17-19,22,26,35H,4-7,10-14H2,(H2,29,31,32)/t17-,18?,19?,22-,26-,27+/m1/s1. The molecule has 6 atom stereocenters. The number of hydrogen-bond acceptors (Lipinski definition) is 11. The largest absolute Gasteiger partial charge is 0.382 e. The van der Waals surface area contributed by atoms with Gasteiger partial charge in [0, 0.05) is 18.8 Å². The third kappa shape index (κ3) is 5.32. The maximum atomic E-state index is 16.4. The van der Waals surface area contributed by atoms with E-state index in [1.54, 1.807) is 30.3 Å². The van der Waals surface area contributed by atoms with E-state index in [-0.39, 0.29) is 29.4 Å². The summed E-state index contributed by atoms with van der Waals surface area (Å²) < 4.78 is 46.8. The highest BCUT2D eigenvalue weighted by molar-refractivity contribution is 6.07. The van der Waals surface area contributed by atoms with E-state index in [0.717, 1.165) is 25.7 Å². The number of ketones is 1. The lowest BCUT2D eigenvalue weighted by atomic mass is 10.1. The summed E-state index contributed by atoms with van der Waals surface area (Å²) in [6.07, 6.45) is 0.860. The third-order valence-electron chi connectivity index (χ3n) is 7.35. The summed E-state index contributed by atoms with van der Waals surface area (Å²) in [5.74, 6) is -3.78. The molecule has 5 heterocycles. The van der Waals surface area contributed by atoms with E-state index < -0.39 is 42.7 Å². The van der Waals surface area contributed by atoms with Gasteiger partial charge in [-0.15, -0.1) is 0 Å². The molecule has 2 unspecified atom stereocenters. The number of benzene rings is 1. The Labute approximate surface area is 229 Å². The second kappa shape index (κ2) is 11.4. The number of ether oxygens (including phenoxy) is 5. The van der Waals surface area contributed by atoms with E-state index in [4.69, 9.17) is 29.4 Å². The van der Waals surface area contributed by atoms with Crippen LogP contribution in [0.25, 0.3) is 11.2 Å². The number of imidazole rings is 1. The lowest BCUT2D eigenvalue weighted by Gasteiger charge is -2.32. The molecule has 3 saturated heterocycles. The summed E-state index contributed by atoms with van der Waals surface area (Å²) in [4.78, 5) is 25.7. The number of carbonyl (C=O) groups is 1. The molecule has 40 heavy (non-hydrogen) atoms. The first-order chi connectivity index (χ1) is 19.4. The lowest BCUT2D eigenvalue weighted by Crippen LogP contribution is -2.48. The molecule has 0 radical (unpaired) electrons. The van der Waals surface area contributed by atoms with Gasteiger partial charge in [-0.05, 0) is 38.5 Å². The van der Waals surface area contributed by atoms with Gasteiger partial charge in [-0.2, -0.15) is 0 Å². The Bertz CT molecular complexity index is 1330. The molecule has 3 fully saturated rings. The number of anilines is 1. The number of alkyl halides is 1. The fourth-order valence-electron chi connectivity index (χ4n) is 5.26. The number of halogens is 1. The van der Waals surface area contributed by atoms with E-state index in [0.29, 0.717) is 31.6 Å². The van der Waals surface area contributed by atoms with Crippen molar-refractivity contribution in [2.75, 3.05) is 25.6 Å². The number of aromatic nitrogens is 4. The van der Waals surface area contributed by atoms with Crippen LogP contribution in [0, 0.1) is 0 Å². The zero-order valence-electron chi connectivity index (χ0n) is 21.9. The number of carbonyl (C=O) groups excluding carboxylic acids is 1. The van der Waals surface area contributed by atoms with Crippen LogP contribution in [0.3, 0.4) is 0 Å². The van der Waals surface area contributed by atoms with E-state index >= 15 is 4.39 Å². The van der Waals surface area contributed by atoms with E-state index in [1.807, 2.05) is 0 Å². The monoisotopic (exact) mass is 557 g/mol. The first-order valence-electron chi connectivity index (χ1n) is 13.6. The number of nitrogens with zero attached hydrogens (tertiary/aromatic N) is 4. The molecular weight excluding hydrogens is 525 g/mol. The summed E-state index contributed by atoms with van der Waals surface area (Å²) in [7, 11) is 0. The minimum atomic E-state index is -3.04. The van der Waals surface area contributed by atoms with Crippen molar-refractivity contribution in [1.82, 2.24) is 19.5 Å². The van der Waals surface area contributed by atoms with Crippen molar-refractivity contribution < 1.29 is 38.0 Å². The van der Waals surface area contributed by atoms with Crippen molar-refractivity contribution in [3.05, 3.63) is 48.0 Å². The van der Waals surface area contributed by atoms with Crippen LogP contribution in [-0.2, 0) is 23.7 Å². The molecule has 2 aromatic heterocycles. The Morgan fingerprint density at radius 1 is 1.10 bits per heavy atom. The Kier molecular flexibility index (Phi) is 7.75. The third-order valence-corrected chi connectivity index (χ3v) is 7.35. The van der Waals surface area contributed by atoms with Crippen LogP contribution in [0.4, 0.5) is 10.2 Å². The molecule has 1 aromatic carbocycles. The normalized spacial score (nSPS) is 31.0. The summed E-state index contributed by atoms with van der Waals surface area (Å²) in [6.45, 7) is 0.963. The summed E-state index contributed by atoms with van der Waals surface area (Å²) in [6, 6.07) is 8.46. The second-order valence-corrected chi connectivity index (χ2v) is 10.2. The number of nitrogens with two attached hydrogens (primary N) is 1. The Hall–Kier alpha value is -3.07. The zero-order valence-corrected chi connectivity index (χ0v) is 21.9. The number of nitrogen functional groups attached to an aromatic ring is 1. The SMILES string of the molecule is Nc1nc(C(=O)c2ccccc2)nc2c1ncn2[C@@H]1O[C@H](COC2CCCCO2)[C@@H](OC2CCCCO2)[C@@]1(O)F. The van der Waals surface area contributed by atoms with Gasteiger partial charge < -0.3 is 34.5 Å². The van der Waals surface area contributed by atoms with E-state index in [1.165, 1.54) is 10.9 Å². The smallest absolute Gasteiger partial charge is 0.281 e. The average Bonchev–Trinajstić information content (AvgIpc) is 3.51. The highest BCUT2D eigenvalue weighted by Gasteiger charge is 2.60. The molecule has 3 aliphatic heterocycles. The van der Waals surface area contributed by atoms with Crippen LogP contribution in [-0.4, -0.2) is 80.9 Å². The van der Waals surface area contributed by atoms with Gasteiger partial charge in [-0.25, -0.2) is 19.3 Å². The van der Waals surface area contributed by atoms with Gasteiger partial charge >= 0.3 is 0 Å². The molecule has 0 amide bonds. The highest BCUT2D eigenvalue weighted by atomic mass is 19.2. The number of rotatable bonds is 8. The van der Waals surface area contributed by atoms with Crippen molar-refractivity contribution in [2.45, 2.75) is 75.4 Å². The van der Waals surface area contributed by atoms with Crippen LogP contribution in [0.5, 0.6) is 0 Å². The predicted molar refractivity (Wildman–Crippen MR) is 138 cm³/mol.